The van der Waals surface area contributed by atoms with Gasteiger partial charge >= 0.3 is 6.09 Å². The van der Waals surface area contributed by atoms with Crippen LogP contribution in [0.2, 0.25) is 0 Å². The van der Waals surface area contributed by atoms with Crippen molar-refractivity contribution in [3.8, 4) is 11.1 Å². The number of fused-ring (bicyclic) bond motifs is 1. The highest BCUT2D eigenvalue weighted by Crippen LogP contribution is 2.35. The fourth-order valence-corrected chi connectivity index (χ4v) is 4.34. The second-order valence-electron chi connectivity index (χ2n) is 9.21. The molecule has 3 rings (SSSR count). The fourth-order valence-electron chi connectivity index (χ4n) is 3.68. The molecule has 0 unspecified atom stereocenters. The molecule has 0 spiro atoms. The Morgan fingerprint density at radius 3 is 2.60 bits per heavy atom. The summed E-state index contributed by atoms with van der Waals surface area (Å²) in [6.07, 6.45) is 1.75. The first kappa shape index (κ1) is 26.4. The van der Waals surface area contributed by atoms with E-state index < -0.39 is 27.4 Å². The molecule has 10 heteroatoms. The molecule has 0 saturated carbocycles. The Hall–Kier alpha value is -3.24. The molecule has 3 aromatic rings. The average molecular weight is 504 g/mol. The first-order valence-corrected chi connectivity index (χ1v) is 12.9. The predicted octanol–water partition coefficient (Wildman–Crippen LogP) is 4.29. The van der Waals surface area contributed by atoms with E-state index in [1.165, 1.54) is 12.1 Å². The number of halogens is 1. The molecule has 0 bridgehead atoms. The molecule has 8 nitrogen and oxygen atoms in total. The third-order valence-electron chi connectivity index (χ3n) is 5.22. The van der Waals surface area contributed by atoms with E-state index in [2.05, 4.69) is 10.3 Å². The van der Waals surface area contributed by atoms with Crippen molar-refractivity contribution in [2.45, 2.75) is 51.3 Å². The van der Waals surface area contributed by atoms with E-state index in [0.717, 1.165) is 6.26 Å². The number of pyridine rings is 1. The quantitative estimate of drug-likeness (QED) is 0.498. The van der Waals surface area contributed by atoms with Crippen molar-refractivity contribution in [2.75, 3.05) is 12.8 Å². The molecule has 188 valence electrons. The SMILES string of the molecule is Cc1c(-c2cccc(S(C)(=O)=O)c2)c2nc(CO)ccc2n1C/C(F)=C/CNC(=O)OC(C)(C)C. The van der Waals surface area contributed by atoms with E-state index >= 15 is 0 Å². The highest BCUT2D eigenvalue weighted by molar-refractivity contribution is 7.90. The largest absolute Gasteiger partial charge is 0.444 e. The number of nitrogens with zero attached hydrogens (tertiary/aromatic N) is 2. The van der Waals surface area contributed by atoms with Gasteiger partial charge in [-0.1, -0.05) is 12.1 Å². The molecule has 0 aliphatic heterocycles. The van der Waals surface area contributed by atoms with Crippen molar-refractivity contribution in [1.29, 1.82) is 0 Å². The molecule has 0 aliphatic rings. The van der Waals surface area contributed by atoms with Crippen LogP contribution in [0.4, 0.5) is 9.18 Å². The number of hydrogen-bond acceptors (Lipinski definition) is 6. The van der Waals surface area contributed by atoms with Crippen molar-refractivity contribution in [2.24, 2.45) is 0 Å². The summed E-state index contributed by atoms with van der Waals surface area (Å²) in [6, 6.07) is 9.89. The Morgan fingerprint density at radius 1 is 1.26 bits per heavy atom. The summed E-state index contributed by atoms with van der Waals surface area (Å²) in [6.45, 7) is 6.58. The van der Waals surface area contributed by atoms with Gasteiger partial charge < -0.3 is 19.7 Å². The topological polar surface area (TPSA) is 111 Å². The van der Waals surface area contributed by atoms with Gasteiger partial charge in [0.2, 0.25) is 0 Å². The van der Waals surface area contributed by atoms with Crippen LogP contribution in [-0.2, 0) is 27.7 Å². The van der Waals surface area contributed by atoms with Gasteiger partial charge in [0.05, 0.1) is 34.8 Å². The maximum Gasteiger partial charge on any atom is 0.407 e. The molecular formula is C25H30FN3O5S. The highest BCUT2D eigenvalue weighted by Gasteiger charge is 2.20. The second kappa shape index (κ2) is 10.2. The van der Waals surface area contributed by atoms with Gasteiger partial charge in [-0.25, -0.2) is 22.6 Å². The summed E-state index contributed by atoms with van der Waals surface area (Å²) in [5.41, 5.74) is 2.89. The monoisotopic (exact) mass is 503 g/mol. The number of allylic oxidation sites excluding steroid dienone is 1. The van der Waals surface area contributed by atoms with Crippen LogP contribution in [0.5, 0.6) is 0 Å². The number of nitrogens with one attached hydrogen (secondary N) is 1. The summed E-state index contributed by atoms with van der Waals surface area (Å²) in [4.78, 5) is 16.5. The molecule has 0 radical (unpaired) electrons. The highest BCUT2D eigenvalue weighted by atomic mass is 32.2. The van der Waals surface area contributed by atoms with Gasteiger partial charge in [0.1, 0.15) is 11.4 Å². The van der Waals surface area contributed by atoms with Crippen LogP contribution in [0.25, 0.3) is 22.2 Å². The molecule has 35 heavy (non-hydrogen) atoms. The number of aromatic nitrogens is 2. The first-order valence-electron chi connectivity index (χ1n) is 11.0. The van der Waals surface area contributed by atoms with Gasteiger partial charge in [-0.05, 0) is 63.6 Å². The standard InChI is InChI=1S/C25H30FN3O5S/c1-16-22(17-7-6-8-20(13-17)35(5,32)33)23-21(10-9-19(15-30)28-23)29(16)14-18(26)11-12-27-24(31)34-25(2,3)4/h6-11,13,30H,12,14-15H2,1-5H3,(H,27,31)/b18-11-. The summed E-state index contributed by atoms with van der Waals surface area (Å²) >= 11 is 0. The van der Waals surface area contributed by atoms with Gasteiger partial charge in [-0.15, -0.1) is 0 Å². The summed E-state index contributed by atoms with van der Waals surface area (Å²) < 4.78 is 45.9. The van der Waals surface area contributed by atoms with Gasteiger partial charge in [0.15, 0.2) is 9.84 Å². The Kier molecular flexibility index (Phi) is 7.66. The van der Waals surface area contributed by atoms with Crippen LogP contribution in [0, 0.1) is 6.92 Å². The second-order valence-corrected chi connectivity index (χ2v) is 11.2. The van der Waals surface area contributed by atoms with E-state index in [1.54, 1.807) is 62.6 Å². The van der Waals surface area contributed by atoms with Crippen LogP contribution < -0.4 is 5.32 Å². The van der Waals surface area contributed by atoms with Crippen LogP contribution in [0.15, 0.2) is 53.2 Å². The van der Waals surface area contributed by atoms with Crippen LogP contribution in [0.1, 0.15) is 32.2 Å². The van der Waals surface area contributed by atoms with Crippen molar-refractivity contribution in [1.82, 2.24) is 14.9 Å². The smallest absolute Gasteiger partial charge is 0.407 e. The lowest BCUT2D eigenvalue weighted by Crippen LogP contribution is -2.32. The summed E-state index contributed by atoms with van der Waals surface area (Å²) in [7, 11) is -3.43. The van der Waals surface area contributed by atoms with Crippen LogP contribution >= 0.6 is 0 Å². The molecule has 2 heterocycles. The van der Waals surface area contributed by atoms with Gasteiger partial charge in [0.25, 0.3) is 0 Å². The van der Waals surface area contributed by atoms with Crippen molar-refractivity contribution < 1.29 is 27.4 Å². The number of ether oxygens (including phenoxy) is 1. The maximum atomic E-state index is 14.9. The number of sulfone groups is 1. The number of aliphatic hydroxyl groups excluding tert-OH is 1. The van der Waals surface area contributed by atoms with E-state index in [9.17, 15) is 22.7 Å². The van der Waals surface area contributed by atoms with E-state index in [4.69, 9.17) is 4.74 Å². The molecule has 0 saturated heterocycles. The molecule has 1 aromatic carbocycles. The lowest BCUT2D eigenvalue weighted by atomic mass is 10.1. The summed E-state index contributed by atoms with van der Waals surface area (Å²) in [5.74, 6) is -0.483. The molecule has 1 amide bonds. The maximum absolute atomic E-state index is 14.9. The molecule has 0 atom stereocenters. The average Bonchev–Trinajstić information content (AvgIpc) is 3.02. The first-order chi connectivity index (χ1) is 16.3. The van der Waals surface area contributed by atoms with E-state index in [0.29, 0.717) is 33.5 Å². The van der Waals surface area contributed by atoms with Crippen molar-refractivity contribution in [3.05, 3.63) is 59.7 Å². The normalized spacial score (nSPS) is 12.7. The van der Waals surface area contributed by atoms with Gasteiger partial charge in [-0.3, -0.25) is 0 Å². The molecule has 0 aliphatic carbocycles. The molecule has 2 N–H and O–H groups in total. The number of carbonyl (C=O) groups excluding carboxylic acids is 1. The van der Waals surface area contributed by atoms with Gasteiger partial charge in [-0.2, -0.15) is 0 Å². The Morgan fingerprint density at radius 2 is 1.97 bits per heavy atom. The predicted molar refractivity (Wildman–Crippen MR) is 132 cm³/mol. The zero-order chi connectivity index (χ0) is 26.0. The van der Waals surface area contributed by atoms with Gasteiger partial charge in [0, 0.05) is 24.1 Å². The number of alkyl carbamates (subject to hydrolysis) is 1. The van der Waals surface area contributed by atoms with Crippen molar-refractivity contribution >= 4 is 27.0 Å². The Labute approximate surface area is 204 Å². The lowest BCUT2D eigenvalue weighted by molar-refractivity contribution is 0.0534. The zero-order valence-electron chi connectivity index (χ0n) is 20.4. The minimum absolute atomic E-state index is 0.0465. The number of carbonyl (C=O) groups is 1. The Bertz CT molecular complexity index is 1390. The summed E-state index contributed by atoms with van der Waals surface area (Å²) in [5, 5.41) is 12.1. The zero-order valence-corrected chi connectivity index (χ0v) is 21.2. The number of hydrogen-bond donors (Lipinski definition) is 2. The fraction of sp³-hybridized carbons (Fsp3) is 0.360. The number of amides is 1. The van der Waals surface area contributed by atoms with Crippen LogP contribution in [-0.4, -0.2) is 47.6 Å². The van der Waals surface area contributed by atoms with E-state index in [-0.39, 0.29) is 24.6 Å². The minimum Gasteiger partial charge on any atom is -0.444 e. The third-order valence-corrected chi connectivity index (χ3v) is 6.33. The van der Waals surface area contributed by atoms with E-state index in [1.807, 2.05) is 0 Å². The Balaban J connectivity index is 1.99. The number of aliphatic hydroxyl groups is 1. The minimum atomic E-state index is -3.43. The third kappa shape index (κ3) is 6.46. The number of rotatable bonds is 7. The van der Waals surface area contributed by atoms with Crippen molar-refractivity contribution in [3.63, 3.8) is 0 Å². The number of benzene rings is 1. The molecule has 0 fully saturated rings. The molecular weight excluding hydrogens is 473 g/mol. The molecule has 2 aromatic heterocycles. The van der Waals surface area contributed by atoms with Crippen LogP contribution in [0.3, 0.4) is 0 Å². The lowest BCUT2D eigenvalue weighted by Gasteiger charge is -2.19.